The molecule has 0 unspecified atom stereocenters. The van der Waals surface area contributed by atoms with Gasteiger partial charge in [-0.1, -0.05) is 36.8 Å². The minimum Gasteiger partial charge on any atom is -0.294 e. The van der Waals surface area contributed by atoms with E-state index in [1.807, 2.05) is 19.1 Å². The van der Waals surface area contributed by atoms with Gasteiger partial charge in [0.25, 0.3) is 5.56 Å². The molecule has 124 valence electrons. The van der Waals surface area contributed by atoms with Crippen molar-refractivity contribution in [3.05, 3.63) is 81.4 Å². The van der Waals surface area contributed by atoms with Gasteiger partial charge in [0.2, 0.25) is 0 Å². The van der Waals surface area contributed by atoms with Gasteiger partial charge in [-0.15, -0.1) is 0 Å². The van der Waals surface area contributed by atoms with E-state index in [0.29, 0.717) is 12.2 Å². The molecule has 0 aliphatic rings. The van der Waals surface area contributed by atoms with E-state index < -0.39 is 0 Å². The van der Waals surface area contributed by atoms with Crippen molar-refractivity contribution in [2.75, 3.05) is 6.54 Å². The van der Waals surface area contributed by atoms with Crippen LogP contribution in [0.1, 0.15) is 29.3 Å². The molecule has 0 saturated heterocycles. The van der Waals surface area contributed by atoms with Gasteiger partial charge in [0.1, 0.15) is 5.65 Å². The Hall–Kier alpha value is -2.46. The highest BCUT2D eigenvalue weighted by atomic mass is 16.1. The third-order valence-electron chi connectivity index (χ3n) is 4.24. The molecule has 4 heteroatoms. The number of benzene rings is 1. The van der Waals surface area contributed by atoms with Crippen LogP contribution in [0, 0.1) is 13.8 Å². The zero-order chi connectivity index (χ0) is 17.1. The summed E-state index contributed by atoms with van der Waals surface area (Å²) in [6.45, 7) is 8.66. The number of fused-ring (bicyclic) bond motifs is 1. The molecule has 1 aromatic carbocycles. The van der Waals surface area contributed by atoms with E-state index in [1.165, 1.54) is 11.1 Å². The molecule has 0 aliphatic heterocycles. The smallest absolute Gasteiger partial charge is 0.258 e. The van der Waals surface area contributed by atoms with Crippen LogP contribution in [0.25, 0.3) is 5.65 Å². The molecule has 3 rings (SSSR count). The van der Waals surface area contributed by atoms with Crippen LogP contribution in [0.3, 0.4) is 0 Å². The molecule has 0 saturated carbocycles. The van der Waals surface area contributed by atoms with Gasteiger partial charge in [0.15, 0.2) is 0 Å². The second kappa shape index (κ2) is 6.97. The molecule has 0 atom stereocenters. The lowest BCUT2D eigenvalue weighted by Gasteiger charge is -2.20. The zero-order valence-electron chi connectivity index (χ0n) is 14.5. The van der Waals surface area contributed by atoms with Gasteiger partial charge in [-0.3, -0.25) is 14.1 Å². The number of rotatable bonds is 5. The van der Waals surface area contributed by atoms with E-state index in [4.69, 9.17) is 0 Å². The maximum absolute atomic E-state index is 12.3. The third-order valence-corrected chi connectivity index (χ3v) is 4.24. The Morgan fingerprint density at radius 2 is 1.75 bits per heavy atom. The zero-order valence-corrected chi connectivity index (χ0v) is 14.5. The van der Waals surface area contributed by atoms with Crippen molar-refractivity contribution in [3.63, 3.8) is 0 Å². The number of aromatic nitrogens is 2. The highest BCUT2D eigenvalue weighted by Crippen LogP contribution is 2.10. The number of hydrogen-bond donors (Lipinski definition) is 0. The van der Waals surface area contributed by atoms with Gasteiger partial charge in [-0.2, -0.15) is 0 Å². The highest BCUT2D eigenvalue weighted by Gasteiger charge is 2.09. The first kappa shape index (κ1) is 16.4. The van der Waals surface area contributed by atoms with Crippen molar-refractivity contribution in [3.8, 4) is 0 Å². The summed E-state index contributed by atoms with van der Waals surface area (Å²) in [6, 6.07) is 14.1. The van der Waals surface area contributed by atoms with Gasteiger partial charge in [0, 0.05) is 25.4 Å². The molecular weight excluding hydrogens is 298 g/mol. The summed E-state index contributed by atoms with van der Waals surface area (Å²) in [7, 11) is 0. The second-order valence-electron chi connectivity index (χ2n) is 6.31. The molecule has 4 nitrogen and oxygen atoms in total. The fourth-order valence-electron chi connectivity index (χ4n) is 2.80. The molecule has 0 fully saturated rings. The molecule has 0 N–H and O–H groups in total. The van der Waals surface area contributed by atoms with Crippen LogP contribution in [0.4, 0.5) is 0 Å². The van der Waals surface area contributed by atoms with E-state index in [2.05, 4.69) is 48.0 Å². The summed E-state index contributed by atoms with van der Waals surface area (Å²) in [5.41, 5.74) is 5.15. The van der Waals surface area contributed by atoms with Crippen molar-refractivity contribution in [2.45, 2.75) is 33.9 Å². The Labute approximate surface area is 142 Å². The van der Waals surface area contributed by atoms with Gasteiger partial charge in [-0.25, -0.2) is 4.98 Å². The van der Waals surface area contributed by atoms with E-state index in [1.54, 1.807) is 16.7 Å². The molecule has 3 aromatic rings. The lowest BCUT2D eigenvalue weighted by molar-refractivity contribution is 0.268. The van der Waals surface area contributed by atoms with Crippen LogP contribution in [0.5, 0.6) is 0 Å². The summed E-state index contributed by atoms with van der Waals surface area (Å²) in [5, 5.41) is 0. The lowest BCUT2D eigenvalue weighted by Crippen LogP contribution is -2.25. The maximum Gasteiger partial charge on any atom is 0.258 e. The normalized spacial score (nSPS) is 11.3. The third kappa shape index (κ3) is 3.71. The lowest BCUT2D eigenvalue weighted by atomic mass is 10.1. The first-order valence-corrected chi connectivity index (χ1v) is 8.32. The quantitative estimate of drug-likeness (QED) is 0.723. The predicted octanol–water partition coefficient (Wildman–Crippen LogP) is 3.33. The van der Waals surface area contributed by atoms with Gasteiger partial charge >= 0.3 is 0 Å². The van der Waals surface area contributed by atoms with Crippen molar-refractivity contribution >= 4 is 5.65 Å². The first-order valence-electron chi connectivity index (χ1n) is 8.32. The van der Waals surface area contributed by atoms with Crippen LogP contribution in [-0.4, -0.2) is 20.8 Å². The fourth-order valence-corrected chi connectivity index (χ4v) is 2.80. The standard InChI is InChI=1S/C20H23N3O/c1-4-22(13-17-7-5-15(2)6-8-17)14-18-12-20(24)23-10-9-16(3)11-19(23)21-18/h5-12H,4,13-14H2,1-3H3. The predicted molar refractivity (Wildman–Crippen MR) is 97.2 cm³/mol. The number of nitrogens with zero attached hydrogens (tertiary/aromatic N) is 3. The van der Waals surface area contributed by atoms with Gasteiger partial charge < -0.3 is 0 Å². The maximum atomic E-state index is 12.3. The molecule has 2 heterocycles. The first-order chi connectivity index (χ1) is 11.5. The van der Waals surface area contributed by atoms with Crippen LogP contribution < -0.4 is 5.56 Å². The molecule has 0 amide bonds. The monoisotopic (exact) mass is 321 g/mol. The Balaban J connectivity index is 1.84. The van der Waals surface area contributed by atoms with Crippen molar-refractivity contribution in [1.29, 1.82) is 0 Å². The van der Waals surface area contributed by atoms with E-state index >= 15 is 0 Å². The van der Waals surface area contributed by atoms with E-state index in [9.17, 15) is 4.79 Å². The number of pyridine rings is 1. The summed E-state index contributed by atoms with van der Waals surface area (Å²) in [5.74, 6) is 0. The van der Waals surface area contributed by atoms with Crippen LogP contribution >= 0.6 is 0 Å². The molecule has 0 spiro atoms. The highest BCUT2D eigenvalue weighted by molar-refractivity contribution is 5.41. The molecule has 24 heavy (non-hydrogen) atoms. The van der Waals surface area contributed by atoms with Crippen molar-refractivity contribution in [1.82, 2.24) is 14.3 Å². The molecular formula is C20H23N3O. The molecule has 0 aliphatic carbocycles. The average Bonchev–Trinajstić information content (AvgIpc) is 2.55. The fraction of sp³-hybridized carbons (Fsp3) is 0.300. The largest absolute Gasteiger partial charge is 0.294 e. The Bertz CT molecular complexity index is 897. The minimum atomic E-state index is -0.0265. The summed E-state index contributed by atoms with van der Waals surface area (Å²) in [6.07, 6.45) is 1.79. The van der Waals surface area contributed by atoms with Crippen molar-refractivity contribution < 1.29 is 0 Å². The molecule has 2 aromatic heterocycles. The Morgan fingerprint density at radius 1 is 1.00 bits per heavy atom. The van der Waals surface area contributed by atoms with Crippen LogP contribution in [-0.2, 0) is 13.1 Å². The summed E-state index contributed by atoms with van der Waals surface area (Å²) >= 11 is 0. The second-order valence-corrected chi connectivity index (χ2v) is 6.31. The van der Waals surface area contributed by atoms with Gasteiger partial charge in [0.05, 0.1) is 5.69 Å². The number of aryl methyl sites for hydroxylation is 2. The van der Waals surface area contributed by atoms with Crippen molar-refractivity contribution in [2.24, 2.45) is 0 Å². The van der Waals surface area contributed by atoms with Gasteiger partial charge in [-0.05, 0) is 43.7 Å². The number of hydrogen-bond acceptors (Lipinski definition) is 3. The van der Waals surface area contributed by atoms with E-state index in [-0.39, 0.29) is 5.56 Å². The SMILES string of the molecule is CCN(Cc1ccc(C)cc1)Cc1cc(=O)n2ccc(C)cc2n1. The summed E-state index contributed by atoms with van der Waals surface area (Å²) < 4.78 is 1.59. The Kier molecular flexibility index (Phi) is 4.76. The van der Waals surface area contributed by atoms with E-state index in [0.717, 1.165) is 24.3 Å². The topological polar surface area (TPSA) is 37.6 Å². The Morgan fingerprint density at radius 3 is 2.46 bits per heavy atom. The average molecular weight is 321 g/mol. The minimum absolute atomic E-state index is 0.0265. The molecule has 0 bridgehead atoms. The van der Waals surface area contributed by atoms with Crippen LogP contribution in [0.2, 0.25) is 0 Å². The summed E-state index contributed by atoms with van der Waals surface area (Å²) in [4.78, 5) is 19.2. The van der Waals surface area contributed by atoms with Crippen LogP contribution in [0.15, 0.2) is 53.5 Å². The molecule has 0 radical (unpaired) electrons.